The van der Waals surface area contributed by atoms with E-state index in [1.165, 1.54) is 7.11 Å². The van der Waals surface area contributed by atoms with Crippen LogP contribution < -0.4 is 20.7 Å². The number of para-hydroxylation sites is 1. The van der Waals surface area contributed by atoms with Crippen molar-refractivity contribution >= 4 is 29.2 Å². The maximum absolute atomic E-state index is 12.3. The summed E-state index contributed by atoms with van der Waals surface area (Å²) in [6.07, 6.45) is 0.110. The first-order valence-corrected chi connectivity index (χ1v) is 9.12. The van der Waals surface area contributed by atoms with E-state index in [4.69, 9.17) is 4.74 Å². The molecule has 0 fully saturated rings. The van der Waals surface area contributed by atoms with Crippen LogP contribution in [0.4, 0.5) is 5.69 Å². The van der Waals surface area contributed by atoms with Gasteiger partial charge < -0.3 is 20.7 Å². The number of anilines is 1. The van der Waals surface area contributed by atoms with Gasteiger partial charge >= 0.3 is 0 Å². The Balaban J connectivity index is 1.49. The summed E-state index contributed by atoms with van der Waals surface area (Å²) in [6.45, 7) is -0.153. The Kier molecular flexibility index (Phi) is 6.23. The van der Waals surface area contributed by atoms with Crippen molar-refractivity contribution in [1.82, 2.24) is 10.6 Å². The lowest BCUT2D eigenvalue weighted by Crippen LogP contribution is -2.42. The number of benzene rings is 2. The van der Waals surface area contributed by atoms with Gasteiger partial charge in [0, 0.05) is 12.0 Å². The van der Waals surface area contributed by atoms with Crippen LogP contribution in [-0.4, -0.2) is 43.2 Å². The van der Waals surface area contributed by atoms with Gasteiger partial charge in [0.05, 0.1) is 24.9 Å². The predicted molar refractivity (Wildman–Crippen MR) is 106 cm³/mol. The topological polar surface area (TPSA) is 114 Å². The van der Waals surface area contributed by atoms with Crippen molar-refractivity contribution in [2.24, 2.45) is 0 Å². The summed E-state index contributed by atoms with van der Waals surface area (Å²) in [5.41, 5.74) is 1.27. The first kappa shape index (κ1) is 20.1. The van der Waals surface area contributed by atoms with Gasteiger partial charge in [0.1, 0.15) is 11.8 Å². The minimum atomic E-state index is -0.835. The van der Waals surface area contributed by atoms with Gasteiger partial charge in [0.15, 0.2) is 5.78 Å². The van der Waals surface area contributed by atoms with Crippen molar-refractivity contribution in [2.75, 3.05) is 19.0 Å². The third kappa shape index (κ3) is 4.98. The maximum Gasteiger partial charge on any atom is 0.254 e. The second-order valence-electron chi connectivity index (χ2n) is 6.53. The molecule has 1 atom stereocenters. The first-order valence-electron chi connectivity index (χ1n) is 9.12. The van der Waals surface area contributed by atoms with Crippen LogP contribution >= 0.6 is 0 Å². The van der Waals surface area contributed by atoms with Gasteiger partial charge in [-0.1, -0.05) is 12.1 Å². The highest BCUT2D eigenvalue weighted by molar-refractivity contribution is 6.09. The fraction of sp³-hybridized carbons (Fsp3) is 0.238. The standard InChI is InChI=1S/C21H21N3O5/c1-29-14-8-6-13(7-9-14)18(25)12-22-19(26)11-10-17-21(28)23-16-5-3-2-4-15(16)20(27)24-17/h2-9,17H,10-12H2,1H3,(H,22,26)(H,23,28)(H,24,27)/t17-/m0/s1. The van der Waals surface area contributed by atoms with Gasteiger partial charge in [0.25, 0.3) is 5.91 Å². The molecule has 0 aromatic heterocycles. The van der Waals surface area contributed by atoms with E-state index >= 15 is 0 Å². The number of fused-ring (bicyclic) bond motifs is 1. The molecule has 0 saturated carbocycles. The zero-order chi connectivity index (χ0) is 20.8. The predicted octanol–water partition coefficient (Wildman–Crippen LogP) is 1.52. The smallest absolute Gasteiger partial charge is 0.254 e. The summed E-state index contributed by atoms with van der Waals surface area (Å²) in [5, 5.41) is 7.87. The van der Waals surface area contributed by atoms with Gasteiger partial charge in [-0.05, 0) is 42.8 Å². The van der Waals surface area contributed by atoms with Gasteiger partial charge in [-0.2, -0.15) is 0 Å². The van der Waals surface area contributed by atoms with Gasteiger partial charge in [-0.25, -0.2) is 0 Å². The Bertz CT molecular complexity index is 940. The zero-order valence-electron chi connectivity index (χ0n) is 15.9. The first-order chi connectivity index (χ1) is 14.0. The molecule has 150 valence electrons. The number of amides is 3. The van der Waals surface area contributed by atoms with E-state index in [-0.39, 0.29) is 42.9 Å². The number of hydrogen-bond donors (Lipinski definition) is 3. The molecule has 0 aliphatic carbocycles. The number of ketones is 1. The SMILES string of the molecule is COc1ccc(C(=O)CNC(=O)CC[C@@H]2NC(=O)c3ccccc3NC2=O)cc1. The second kappa shape index (κ2) is 9.01. The van der Waals surface area contributed by atoms with Crippen molar-refractivity contribution in [3.63, 3.8) is 0 Å². The van der Waals surface area contributed by atoms with E-state index in [0.29, 0.717) is 22.6 Å². The van der Waals surface area contributed by atoms with E-state index in [1.807, 2.05) is 0 Å². The lowest BCUT2D eigenvalue weighted by atomic mass is 10.1. The van der Waals surface area contributed by atoms with Crippen LogP contribution in [0.1, 0.15) is 33.6 Å². The highest BCUT2D eigenvalue weighted by Gasteiger charge is 2.27. The molecule has 0 bridgehead atoms. The van der Waals surface area contributed by atoms with E-state index < -0.39 is 6.04 Å². The normalized spacial score (nSPS) is 15.4. The van der Waals surface area contributed by atoms with Crippen LogP contribution in [0.5, 0.6) is 5.75 Å². The average molecular weight is 395 g/mol. The number of Topliss-reactive ketones (excluding diaryl/α,β-unsaturated/α-hetero) is 1. The molecule has 2 aromatic carbocycles. The molecule has 3 N–H and O–H groups in total. The van der Waals surface area contributed by atoms with Crippen LogP contribution in [-0.2, 0) is 9.59 Å². The van der Waals surface area contributed by atoms with Crippen molar-refractivity contribution in [3.8, 4) is 5.75 Å². The molecule has 1 heterocycles. The number of carbonyl (C=O) groups is 4. The third-order valence-corrected chi connectivity index (χ3v) is 4.57. The lowest BCUT2D eigenvalue weighted by Gasteiger charge is -2.14. The highest BCUT2D eigenvalue weighted by Crippen LogP contribution is 2.19. The molecule has 1 aliphatic heterocycles. The molecule has 8 nitrogen and oxygen atoms in total. The molecule has 0 spiro atoms. The summed E-state index contributed by atoms with van der Waals surface area (Å²) in [5.74, 6) is -0.742. The Morgan fingerprint density at radius 1 is 1.07 bits per heavy atom. The van der Waals surface area contributed by atoms with Gasteiger partial charge in [-0.15, -0.1) is 0 Å². The number of carbonyl (C=O) groups excluding carboxylic acids is 4. The molecule has 0 radical (unpaired) electrons. The molecular weight excluding hydrogens is 374 g/mol. The fourth-order valence-corrected chi connectivity index (χ4v) is 2.94. The number of ether oxygens (including phenoxy) is 1. The number of rotatable bonds is 7. The van der Waals surface area contributed by atoms with Crippen molar-refractivity contribution in [3.05, 3.63) is 59.7 Å². The van der Waals surface area contributed by atoms with Crippen molar-refractivity contribution < 1.29 is 23.9 Å². The molecule has 0 saturated heterocycles. The number of nitrogens with one attached hydrogen (secondary N) is 3. The van der Waals surface area contributed by atoms with Gasteiger partial charge in [-0.3, -0.25) is 19.2 Å². The number of hydrogen-bond acceptors (Lipinski definition) is 5. The molecule has 3 rings (SSSR count). The van der Waals surface area contributed by atoms with Crippen LogP contribution in [0, 0.1) is 0 Å². The van der Waals surface area contributed by atoms with E-state index in [9.17, 15) is 19.2 Å². The minimum absolute atomic E-state index is 0.00932. The summed E-state index contributed by atoms with van der Waals surface area (Å²) in [4.78, 5) is 48.8. The number of methoxy groups -OCH3 is 1. The summed E-state index contributed by atoms with van der Waals surface area (Å²) < 4.78 is 5.04. The highest BCUT2D eigenvalue weighted by atomic mass is 16.5. The second-order valence-corrected chi connectivity index (χ2v) is 6.53. The molecule has 8 heteroatoms. The fourth-order valence-electron chi connectivity index (χ4n) is 2.94. The maximum atomic E-state index is 12.3. The van der Waals surface area contributed by atoms with E-state index in [1.54, 1.807) is 48.5 Å². The Morgan fingerprint density at radius 2 is 1.79 bits per heavy atom. The van der Waals surface area contributed by atoms with Crippen LogP contribution in [0.2, 0.25) is 0 Å². The summed E-state index contributed by atoms with van der Waals surface area (Å²) in [6, 6.07) is 12.4. The van der Waals surface area contributed by atoms with Crippen LogP contribution in [0.25, 0.3) is 0 Å². The molecule has 3 amide bonds. The molecular formula is C21H21N3O5. The Hall–Kier alpha value is -3.68. The molecule has 2 aromatic rings. The molecule has 0 unspecified atom stereocenters. The monoisotopic (exact) mass is 395 g/mol. The van der Waals surface area contributed by atoms with Crippen LogP contribution in [0.15, 0.2) is 48.5 Å². The van der Waals surface area contributed by atoms with Crippen molar-refractivity contribution in [2.45, 2.75) is 18.9 Å². The Labute approximate surface area is 167 Å². The van der Waals surface area contributed by atoms with E-state index in [2.05, 4.69) is 16.0 Å². The summed E-state index contributed by atoms with van der Waals surface area (Å²) in [7, 11) is 1.53. The quantitative estimate of drug-likeness (QED) is 0.615. The third-order valence-electron chi connectivity index (χ3n) is 4.57. The average Bonchev–Trinajstić information content (AvgIpc) is 2.86. The summed E-state index contributed by atoms with van der Waals surface area (Å²) >= 11 is 0. The van der Waals surface area contributed by atoms with Gasteiger partial charge in [0.2, 0.25) is 11.8 Å². The molecule has 29 heavy (non-hydrogen) atoms. The zero-order valence-corrected chi connectivity index (χ0v) is 15.9. The van der Waals surface area contributed by atoms with Crippen LogP contribution in [0.3, 0.4) is 0 Å². The van der Waals surface area contributed by atoms with Crippen molar-refractivity contribution in [1.29, 1.82) is 0 Å². The van der Waals surface area contributed by atoms with E-state index in [0.717, 1.165) is 0 Å². The largest absolute Gasteiger partial charge is 0.497 e. The Morgan fingerprint density at radius 3 is 2.52 bits per heavy atom. The lowest BCUT2D eigenvalue weighted by molar-refractivity contribution is -0.121. The minimum Gasteiger partial charge on any atom is -0.497 e. The molecule has 1 aliphatic rings.